The van der Waals surface area contributed by atoms with Crippen LogP contribution >= 0.6 is 0 Å². The maximum atomic E-state index is 4.18. The fraction of sp³-hybridized carbons (Fsp3) is 0. The van der Waals surface area contributed by atoms with Crippen LogP contribution < -0.4 is 0 Å². The minimum Gasteiger partial charge on any atom is -0.263 e. The zero-order valence-corrected chi connectivity index (χ0v) is 7.64. The molecule has 0 saturated heterocycles. The number of hydrogen-bond acceptors (Lipinski definition) is 1. The summed E-state index contributed by atoms with van der Waals surface area (Å²) in [6.07, 6.45) is 3.83. The minimum atomic E-state index is 1.20. The molecule has 0 fully saturated rings. The van der Waals surface area contributed by atoms with Crippen molar-refractivity contribution in [1.82, 2.24) is 4.98 Å². The van der Waals surface area contributed by atoms with Crippen LogP contribution in [0.15, 0.2) is 54.9 Å². The van der Waals surface area contributed by atoms with Gasteiger partial charge in [0.2, 0.25) is 0 Å². The lowest BCUT2D eigenvalue weighted by atomic mass is 10.1. The van der Waals surface area contributed by atoms with Crippen molar-refractivity contribution in [1.29, 1.82) is 0 Å². The van der Waals surface area contributed by atoms with Gasteiger partial charge >= 0.3 is 0 Å². The Balaban J connectivity index is 2.56. The normalized spacial score (nSPS) is 10.9. The molecule has 3 rings (SSSR count). The molecular weight excluding hydrogens is 170 g/mol. The van der Waals surface area contributed by atoms with E-state index in [1.807, 2.05) is 12.4 Å². The molecule has 0 unspecified atom stereocenters. The lowest BCUT2D eigenvalue weighted by Crippen LogP contribution is -1.70. The van der Waals surface area contributed by atoms with Crippen LogP contribution in [-0.2, 0) is 0 Å². The summed E-state index contributed by atoms with van der Waals surface area (Å²) >= 11 is 0. The maximum absolute atomic E-state index is 4.18. The van der Waals surface area contributed by atoms with Gasteiger partial charge in [0, 0.05) is 23.5 Å². The minimum absolute atomic E-state index is 1.20. The van der Waals surface area contributed by atoms with Gasteiger partial charge in [-0.25, -0.2) is 0 Å². The first-order valence-corrected chi connectivity index (χ1v) is 4.67. The largest absolute Gasteiger partial charge is 0.263 e. The van der Waals surface area contributed by atoms with Crippen molar-refractivity contribution < 1.29 is 0 Å². The lowest BCUT2D eigenvalue weighted by Gasteiger charge is -1.95. The van der Waals surface area contributed by atoms with E-state index in [4.69, 9.17) is 0 Å². The third-order valence-corrected chi connectivity index (χ3v) is 2.53. The van der Waals surface area contributed by atoms with E-state index < -0.39 is 0 Å². The third kappa shape index (κ3) is 0.990. The van der Waals surface area contributed by atoms with E-state index in [-0.39, 0.29) is 0 Å². The highest BCUT2D eigenvalue weighted by molar-refractivity contribution is 5.96. The van der Waals surface area contributed by atoms with Gasteiger partial charge in [0.05, 0.1) is 0 Å². The summed E-state index contributed by atoms with van der Waals surface area (Å²) in [5, 5.41) is 2.53. The average Bonchev–Trinajstić information content (AvgIpc) is 2.61. The number of benzene rings is 1. The molecule has 0 spiro atoms. The molecule has 0 atom stereocenters. The van der Waals surface area contributed by atoms with E-state index in [9.17, 15) is 0 Å². The van der Waals surface area contributed by atoms with Gasteiger partial charge in [-0.3, -0.25) is 4.98 Å². The van der Waals surface area contributed by atoms with E-state index in [1.54, 1.807) is 0 Å². The topological polar surface area (TPSA) is 12.9 Å². The Morgan fingerprint density at radius 2 is 1.64 bits per heavy atom. The summed E-state index contributed by atoms with van der Waals surface area (Å²) in [4.78, 5) is 4.18. The molecule has 1 aliphatic heterocycles. The van der Waals surface area contributed by atoms with Crippen molar-refractivity contribution in [2.45, 2.75) is 0 Å². The highest BCUT2D eigenvalue weighted by atomic mass is 14.6. The zero-order chi connectivity index (χ0) is 9.38. The van der Waals surface area contributed by atoms with Gasteiger partial charge in [0.15, 0.2) is 0 Å². The maximum Gasteiger partial charge on any atom is 0.0353 e. The predicted molar refractivity (Wildman–Crippen MR) is 58.4 cm³/mol. The molecule has 0 N–H and O–H groups in total. The standard InChI is InChI=1S/C13H9N/c1-2-7-12-10(4-1)5-3-6-11-8-14-9-13(11)12/h1-9H. The molecule has 1 heterocycles. The van der Waals surface area contributed by atoms with Crippen LogP contribution in [0.1, 0.15) is 0 Å². The smallest absolute Gasteiger partial charge is 0.0353 e. The fourth-order valence-electron chi connectivity index (χ4n) is 1.84. The molecule has 0 radical (unpaired) electrons. The van der Waals surface area contributed by atoms with Crippen molar-refractivity contribution in [3.8, 4) is 11.1 Å². The van der Waals surface area contributed by atoms with Crippen molar-refractivity contribution in [3.63, 3.8) is 0 Å². The summed E-state index contributed by atoms with van der Waals surface area (Å²) in [6, 6.07) is 14.7. The van der Waals surface area contributed by atoms with Gasteiger partial charge in [-0.2, -0.15) is 0 Å². The first-order valence-electron chi connectivity index (χ1n) is 4.67. The molecule has 2 aliphatic rings. The molecule has 0 saturated carbocycles. The molecule has 0 bridgehead atoms. The highest BCUT2D eigenvalue weighted by Crippen LogP contribution is 2.28. The van der Waals surface area contributed by atoms with Gasteiger partial charge in [-0.05, 0) is 10.8 Å². The fourth-order valence-corrected chi connectivity index (χ4v) is 1.84. The van der Waals surface area contributed by atoms with Gasteiger partial charge in [0.25, 0.3) is 0 Å². The monoisotopic (exact) mass is 179 g/mol. The Morgan fingerprint density at radius 3 is 2.64 bits per heavy atom. The molecule has 0 aromatic heterocycles. The molecule has 66 valence electrons. The second-order valence-corrected chi connectivity index (χ2v) is 3.39. The molecule has 1 aliphatic carbocycles. The van der Waals surface area contributed by atoms with Crippen LogP contribution in [0, 0.1) is 0 Å². The summed E-state index contributed by atoms with van der Waals surface area (Å²) in [5.74, 6) is 0. The summed E-state index contributed by atoms with van der Waals surface area (Å²) < 4.78 is 0. The van der Waals surface area contributed by atoms with E-state index in [0.717, 1.165) is 0 Å². The van der Waals surface area contributed by atoms with Crippen molar-refractivity contribution in [3.05, 3.63) is 54.9 Å². The third-order valence-electron chi connectivity index (χ3n) is 2.53. The first kappa shape index (κ1) is 7.51. The van der Waals surface area contributed by atoms with E-state index in [0.29, 0.717) is 0 Å². The molecule has 1 nitrogen and oxygen atoms in total. The summed E-state index contributed by atoms with van der Waals surface area (Å²) in [7, 11) is 0. The molecular formula is C13H9N. The summed E-state index contributed by atoms with van der Waals surface area (Å²) in [6.45, 7) is 0. The van der Waals surface area contributed by atoms with Crippen molar-refractivity contribution in [2.75, 3.05) is 0 Å². The number of nitrogens with zero attached hydrogens (tertiary/aromatic N) is 1. The van der Waals surface area contributed by atoms with Crippen LogP contribution in [0.2, 0.25) is 0 Å². The molecule has 1 aromatic rings. The van der Waals surface area contributed by atoms with Gasteiger partial charge in [0.1, 0.15) is 0 Å². The Kier molecular flexibility index (Phi) is 1.51. The summed E-state index contributed by atoms with van der Waals surface area (Å²) in [5.41, 5.74) is 2.43. The Bertz CT molecular complexity index is 557. The Labute approximate surface area is 82.4 Å². The van der Waals surface area contributed by atoms with Gasteiger partial charge < -0.3 is 0 Å². The second kappa shape index (κ2) is 2.81. The number of fused-ring (bicyclic) bond motifs is 3. The lowest BCUT2D eigenvalue weighted by molar-refractivity contribution is 1.42. The number of aromatic nitrogens is 1. The van der Waals surface area contributed by atoms with Crippen LogP contribution in [0.4, 0.5) is 0 Å². The zero-order valence-electron chi connectivity index (χ0n) is 7.64. The van der Waals surface area contributed by atoms with E-state index in [2.05, 4.69) is 47.4 Å². The van der Waals surface area contributed by atoms with Crippen LogP contribution in [0.25, 0.3) is 21.9 Å². The van der Waals surface area contributed by atoms with Crippen LogP contribution in [0.5, 0.6) is 0 Å². The second-order valence-electron chi connectivity index (χ2n) is 3.39. The van der Waals surface area contributed by atoms with Crippen LogP contribution in [0.3, 0.4) is 0 Å². The SMILES string of the molecule is c1ccc2c3cncc-3cccc2c1. The Morgan fingerprint density at radius 1 is 0.786 bits per heavy atom. The van der Waals surface area contributed by atoms with Gasteiger partial charge in [-0.1, -0.05) is 42.5 Å². The Hall–Kier alpha value is -1.89. The number of hydrogen-bond donors (Lipinski definition) is 0. The predicted octanol–water partition coefficient (Wildman–Crippen LogP) is 3.34. The van der Waals surface area contributed by atoms with Crippen molar-refractivity contribution >= 4 is 10.8 Å². The van der Waals surface area contributed by atoms with Gasteiger partial charge in [-0.15, -0.1) is 0 Å². The molecule has 1 heteroatoms. The molecule has 0 amide bonds. The molecule has 1 aromatic carbocycles. The van der Waals surface area contributed by atoms with E-state index >= 15 is 0 Å². The quantitative estimate of drug-likeness (QED) is 0.515. The first-order chi connectivity index (χ1) is 6.95. The molecule has 14 heavy (non-hydrogen) atoms. The highest BCUT2D eigenvalue weighted by Gasteiger charge is 2.04. The average molecular weight is 179 g/mol. The van der Waals surface area contributed by atoms with Crippen LogP contribution in [-0.4, -0.2) is 4.98 Å². The van der Waals surface area contributed by atoms with Crippen molar-refractivity contribution in [2.24, 2.45) is 0 Å². The van der Waals surface area contributed by atoms with E-state index in [1.165, 1.54) is 21.9 Å². The number of rotatable bonds is 0.